The molecule has 0 spiro atoms. The molecule has 0 heterocycles. The van der Waals surface area contributed by atoms with E-state index in [-0.39, 0.29) is 6.61 Å². The number of aliphatic hydroxyl groups is 1. The number of rotatable bonds is 3. The highest BCUT2D eigenvalue weighted by Gasteiger charge is 2.10. The molecule has 0 fully saturated rings. The molecule has 0 saturated carbocycles. The highest BCUT2D eigenvalue weighted by molar-refractivity contribution is 7.80. The van der Waals surface area contributed by atoms with Crippen molar-refractivity contribution in [2.75, 3.05) is 6.61 Å². The van der Waals surface area contributed by atoms with Gasteiger partial charge in [0.1, 0.15) is 0 Å². The van der Waals surface area contributed by atoms with Gasteiger partial charge in [0.2, 0.25) is 0 Å². The molecule has 1 aromatic carbocycles. The molecule has 1 aliphatic carbocycles. The Morgan fingerprint density at radius 3 is 2.71 bits per heavy atom. The first-order valence-corrected chi connectivity index (χ1v) is 5.99. The van der Waals surface area contributed by atoms with Crippen LogP contribution in [-0.2, 0) is 0 Å². The van der Waals surface area contributed by atoms with Crippen LogP contribution in [0.25, 0.3) is 6.08 Å². The predicted octanol–water partition coefficient (Wildman–Crippen LogP) is 3.32. The molecular weight excluding hydrogens is 228 g/mol. The molecule has 0 atom stereocenters. The van der Waals surface area contributed by atoms with E-state index in [2.05, 4.69) is 0 Å². The van der Waals surface area contributed by atoms with E-state index in [0.717, 1.165) is 28.0 Å². The summed E-state index contributed by atoms with van der Waals surface area (Å²) >= 11 is 5.31. The molecule has 2 rings (SSSR count). The lowest BCUT2D eigenvalue weighted by Gasteiger charge is -2.13. The van der Waals surface area contributed by atoms with Gasteiger partial charge in [-0.2, -0.15) is 0 Å². The summed E-state index contributed by atoms with van der Waals surface area (Å²) in [7, 11) is 0. The molecule has 1 nitrogen and oxygen atoms in total. The maximum Gasteiger partial charge on any atom is 0.0688 e. The molecule has 17 heavy (non-hydrogen) atoms. The Bertz CT molecular complexity index is 495. The SMILES string of the molecule is OC/C(=C\c1ccccc1)C1=CC=CCC1=S. The quantitative estimate of drug-likeness (QED) is 0.821. The summed E-state index contributed by atoms with van der Waals surface area (Å²) < 4.78 is 0. The van der Waals surface area contributed by atoms with E-state index in [9.17, 15) is 5.11 Å². The number of hydrogen-bond donors (Lipinski definition) is 1. The van der Waals surface area contributed by atoms with Gasteiger partial charge < -0.3 is 5.11 Å². The fraction of sp³-hybridized carbons (Fsp3) is 0.133. The van der Waals surface area contributed by atoms with Crippen molar-refractivity contribution >= 4 is 23.2 Å². The van der Waals surface area contributed by atoms with Crippen LogP contribution in [0.15, 0.2) is 59.7 Å². The highest BCUT2D eigenvalue weighted by atomic mass is 32.1. The summed E-state index contributed by atoms with van der Waals surface area (Å²) in [5.74, 6) is 0. The Morgan fingerprint density at radius 1 is 1.29 bits per heavy atom. The Balaban J connectivity index is 2.34. The first-order chi connectivity index (χ1) is 8.31. The maximum atomic E-state index is 9.46. The topological polar surface area (TPSA) is 20.2 Å². The zero-order valence-electron chi connectivity index (χ0n) is 9.47. The lowest BCUT2D eigenvalue weighted by atomic mass is 9.96. The van der Waals surface area contributed by atoms with Crippen molar-refractivity contribution in [2.45, 2.75) is 6.42 Å². The molecule has 1 aliphatic rings. The lowest BCUT2D eigenvalue weighted by molar-refractivity contribution is 0.335. The van der Waals surface area contributed by atoms with Gasteiger partial charge in [-0.15, -0.1) is 0 Å². The van der Waals surface area contributed by atoms with E-state index in [1.165, 1.54) is 0 Å². The smallest absolute Gasteiger partial charge is 0.0688 e. The van der Waals surface area contributed by atoms with Crippen LogP contribution in [0.3, 0.4) is 0 Å². The second-order valence-corrected chi connectivity index (χ2v) is 4.37. The van der Waals surface area contributed by atoms with Gasteiger partial charge in [-0.1, -0.05) is 60.8 Å². The third kappa shape index (κ3) is 2.99. The molecule has 1 N–H and O–H groups in total. The van der Waals surface area contributed by atoms with Gasteiger partial charge in [0.25, 0.3) is 0 Å². The Morgan fingerprint density at radius 2 is 2.06 bits per heavy atom. The normalized spacial score (nSPS) is 15.9. The highest BCUT2D eigenvalue weighted by Crippen LogP contribution is 2.20. The van der Waals surface area contributed by atoms with Gasteiger partial charge in [-0.3, -0.25) is 0 Å². The van der Waals surface area contributed by atoms with Gasteiger partial charge in [0.05, 0.1) is 6.61 Å². The summed E-state index contributed by atoms with van der Waals surface area (Å²) in [5.41, 5.74) is 2.94. The summed E-state index contributed by atoms with van der Waals surface area (Å²) in [6.45, 7) is 0.00864. The first kappa shape index (κ1) is 12.0. The van der Waals surface area contributed by atoms with Crippen LogP contribution in [0.4, 0.5) is 0 Å². The van der Waals surface area contributed by atoms with Crippen LogP contribution in [0.1, 0.15) is 12.0 Å². The number of benzene rings is 1. The van der Waals surface area contributed by atoms with Gasteiger partial charge in [-0.25, -0.2) is 0 Å². The zero-order valence-corrected chi connectivity index (χ0v) is 10.3. The molecular formula is C15H14OS. The largest absolute Gasteiger partial charge is 0.392 e. The van der Waals surface area contributed by atoms with Crippen molar-refractivity contribution in [3.63, 3.8) is 0 Å². The summed E-state index contributed by atoms with van der Waals surface area (Å²) in [6.07, 6.45) is 8.75. The lowest BCUT2D eigenvalue weighted by Crippen LogP contribution is -2.07. The molecule has 0 aliphatic heterocycles. The van der Waals surface area contributed by atoms with Gasteiger partial charge in [0, 0.05) is 11.3 Å². The van der Waals surface area contributed by atoms with E-state index in [0.29, 0.717) is 0 Å². The minimum atomic E-state index is 0.00864. The van der Waals surface area contributed by atoms with Crippen molar-refractivity contribution < 1.29 is 5.11 Å². The minimum absolute atomic E-state index is 0.00864. The second-order valence-electron chi connectivity index (χ2n) is 3.87. The fourth-order valence-electron chi connectivity index (χ4n) is 1.79. The number of aliphatic hydroxyl groups excluding tert-OH is 1. The third-order valence-electron chi connectivity index (χ3n) is 2.66. The average Bonchev–Trinajstić information content (AvgIpc) is 2.38. The molecule has 0 saturated heterocycles. The third-order valence-corrected chi connectivity index (χ3v) is 3.05. The van der Waals surface area contributed by atoms with Crippen LogP contribution >= 0.6 is 12.2 Å². The number of hydrogen-bond acceptors (Lipinski definition) is 2. The Hall–Kier alpha value is -1.51. The number of allylic oxidation sites excluding steroid dienone is 3. The van der Waals surface area contributed by atoms with Crippen LogP contribution < -0.4 is 0 Å². The van der Waals surface area contributed by atoms with E-state index in [1.807, 2.05) is 54.6 Å². The number of thiocarbonyl (C=S) groups is 1. The standard InChI is InChI=1S/C15H14OS/c16-11-13(10-12-6-2-1-3-7-12)14-8-4-5-9-15(14)17/h1-8,10,16H,9,11H2/b13-10+. The summed E-state index contributed by atoms with van der Waals surface area (Å²) in [5, 5.41) is 9.46. The monoisotopic (exact) mass is 242 g/mol. The second kappa shape index (κ2) is 5.71. The first-order valence-electron chi connectivity index (χ1n) is 5.58. The van der Waals surface area contributed by atoms with Gasteiger partial charge in [0.15, 0.2) is 0 Å². The summed E-state index contributed by atoms with van der Waals surface area (Å²) in [4.78, 5) is 0.892. The van der Waals surface area contributed by atoms with Crippen LogP contribution in [-0.4, -0.2) is 16.6 Å². The molecule has 0 radical (unpaired) electrons. The van der Waals surface area contributed by atoms with Crippen LogP contribution in [0.2, 0.25) is 0 Å². The van der Waals surface area contributed by atoms with Crippen LogP contribution in [0, 0.1) is 0 Å². The molecule has 0 amide bonds. The Labute approximate surface area is 107 Å². The van der Waals surface area contributed by atoms with Gasteiger partial charge >= 0.3 is 0 Å². The van der Waals surface area contributed by atoms with Crippen molar-refractivity contribution in [1.29, 1.82) is 0 Å². The predicted molar refractivity (Wildman–Crippen MR) is 75.9 cm³/mol. The van der Waals surface area contributed by atoms with Crippen molar-refractivity contribution in [3.8, 4) is 0 Å². The molecule has 1 aromatic rings. The minimum Gasteiger partial charge on any atom is -0.392 e. The fourth-order valence-corrected chi connectivity index (χ4v) is 2.08. The van der Waals surface area contributed by atoms with Crippen molar-refractivity contribution in [1.82, 2.24) is 0 Å². The maximum absolute atomic E-state index is 9.46. The van der Waals surface area contributed by atoms with Crippen molar-refractivity contribution in [2.24, 2.45) is 0 Å². The molecule has 0 aromatic heterocycles. The van der Waals surface area contributed by atoms with E-state index < -0.39 is 0 Å². The molecule has 86 valence electrons. The van der Waals surface area contributed by atoms with Gasteiger partial charge in [-0.05, 0) is 22.8 Å². The molecule has 2 heteroatoms. The zero-order chi connectivity index (χ0) is 12.1. The van der Waals surface area contributed by atoms with Crippen molar-refractivity contribution in [3.05, 3.63) is 65.3 Å². The average molecular weight is 242 g/mol. The summed E-state index contributed by atoms with van der Waals surface area (Å²) in [6, 6.07) is 9.96. The van der Waals surface area contributed by atoms with Crippen LogP contribution in [0.5, 0.6) is 0 Å². The van der Waals surface area contributed by atoms with E-state index in [1.54, 1.807) is 0 Å². The Kier molecular flexibility index (Phi) is 4.02. The van der Waals surface area contributed by atoms with E-state index >= 15 is 0 Å². The molecule has 0 bridgehead atoms. The molecule has 0 unspecified atom stereocenters. The van der Waals surface area contributed by atoms with E-state index in [4.69, 9.17) is 12.2 Å².